The number of hydrogen-bond donors (Lipinski definition) is 1. The number of nitriles is 1. The highest BCUT2D eigenvalue weighted by atomic mass is 16.2. The number of hydrogen-bond acceptors (Lipinski definition) is 3. The van der Waals surface area contributed by atoms with Crippen molar-refractivity contribution in [2.24, 2.45) is 11.7 Å². The van der Waals surface area contributed by atoms with E-state index in [4.69, 9.17) is 17.4 Å². The Morgan fingerprint density at radius 3 is 2.67 bits per heavy atom. The van der Waals surface area contributed by atoms with Crippen LogP contribution in [0.5, 0.6) is 0 Å². The second-order valence-corrected chi connectivity index (χ2v) is 3.42. The monoisotopic (exact) mass is 207 g/mol. The molecule has 0 aromatic rings. The predicted octanol–water partition coefficient (Wildman–Crippen LogP) is 0.345. The molecule has 4 nitrogen and oxygen atoms in total. The van der Waals surface area contributed by atoms with Crippen LogP contribution in [0.15, 0.2) is 0 Å². The molecule has 0 fully saturated rings. The molecule has 0 saturated carbocycles. The summed E-state index contributed by atoms with van der Waals surface area (Å²) in [5.41, 5.74) is 5.60. The number of likely N-dealkylation sites (N-methyl/N-ethyl adjacent to an activating group) is 1. The number of rotatable bonds is 5. The van der Waals surface area contributed by atoms with Gasteiger partial charge in [-0.3, -0.25) is 4.79 Å². The number of terminal acetylenes is 1. The number of nitrogens with two attached hydrogens (primary N) is 1. The highest BCUT2D eigenvalue weighted by Crippen LogP contribution is 2.02. The molecule has 0 aromatic heterocycles. The van der Waals surface area contributed by atoms with Crippen molar-refractivity contribution in [2.45, 2.75) is 26.3 Å². The van der Waals surface area contributed by atoms with Crippen LogP contribution in [0.3, 0.4) is 0 Å². The van der Waals surface area contributed by atoms with Gasteiger partial charge in [0.1, 0.15) is 0 Å². The van der Waals surface area contributed by atoms with E-state index in [9.17, 15) is 4.79 Å². The Morgan fingerprint density at radius 1 is 1.67 bits per heavy atom. The van der Waals surface area contributed by atoms with Crippen LogP contribution in [0, 0.1) is 29.6 Å². The first-order valence-corrected chi connectivity index (χ1v) is 4.94. The molecule has 2 atom stereocenters. The third kappa shape index (κ3) is 4.49. The van der Waals surface area contributed by atoms with Crippen molar-refractivity contribution in [3.05, 3.63) is 0 Å². The number of nitrogens with zero attached hydrogens (tertiary/aromatic N) is 2. The lowest BCUT2D eigenvalue weighted by Crippen LogP contribution is -2.45. The largest absolute Gasteiger partial charge is 0.340 e. The van der Waals surface area contributed by atoms with Gasteiger partial charge in [-0.15, -0.1) is 12.3 Å². The Hall–Kier alpha value is -1.52. The molecule has 0 aliphatic rings. The standard InChI is InChI=1S/C11H17N3O/c1-4-6-10(13)11(15)14(5-2)8-9(3)7-12/h1,9-10H,5-6,8,13H2,2-3H3. The van der Waals surface area contributed by atoms with E-state index < -0.39 is 6.04 Å². The van der Waals surface area contributed by atoms with Gasteiger partial charge in [0.25, 0.3) is 0 Å². The number of carbonyl (C=O) groups is 1. The molecule has 0 radical (unpaired) electrons. The maximum atomic E-state index is 11.7. The number of amides is 1. The summed E-state index contributed by atoms with van der Waals surface area (Å²) >= 11 is 0. The molecule has 82 valence electrons. The van der Waals surface area contributed by atoms with Gasteiger partial charge in [0.05, 0.1) is 18.0 Å². The Balaban J connectivity index is 4.36. The molecule has 0 saturated heterocycles. The second kappa shape index (κ2) is 6.86. The predicted molar refractivity (Wildman–Crippen MR) is 58.5 cm³/mol. The van der Waals surface area contributed by atoms with Crippen LogP contribution in [-0.2, 0) is 4.79 Å². The summed E-state index contributed by atoms with van der Waals surface area (Å²) in [5, 5.41) is 8.65. The Morgan fingerprint density at radius 2 is 2.27 bits per heavy atom. The topological polar surface area (TPSA) is 70.1 Å². The normalized spacial score (nSPS) is 13.4. The zero-order valence-corrected chi connectivity index (χ0v) is 9.23. The lowest BCUT2D eigenvalue weighted by atomic mass is 10.1. The van der Waals surface area contributed by atoms with E-state index in [-0.39, 0.29) is 18.2 Å². The maximum absolute atomic E-state index is 11.7. The number of carbonyl (C=O) groups excluding carboxylic acids is 1. The van der Waals surface area contributed by atoms with Crippen molar-refractivity contribution in [1.82, 2.24) is 4.90 Å². The minimum Gasteiger partial charge on any atom is -0.340 e. The van der Waals surface area contributed by atoms with E-state index in [1.165, 1.54) is 0 Å². The van der Waals surface area contributed by atoms with E-state index in [0.29, 0.717) is 13.1 Å². The van der Waals surface area contributed by atoms with Crippen LogP contribution in [0.25, 0.3) is 0 Å². The Bertz CT molecular complexity index is 287. The fraction of sp³-hybridized carbons (Fsp3) is 0.636. The van der Waals surface area contributed by atoms with Crippen molar-refractivity contribution in [3.63, 3.8) is 0 Å². The molecule has 0 heterocycles. The van der Waals surface area contributed by atoms with Crippen molar-refractivity contribution < 1.29 is 4.79 Å². The van der Waals surface area contributed by atoms with Gasteiger partial charge in [-0.1, -0.05) is 0 Å². The second-order valence-electron chi connectivity index (χ2n) is 3.42. The molecular weight excluding hydrogens is 190 g/mol. The quantitative estimate of drug-likeness (QED) is 0.661. The molecule has 0 aliphatic carbocycles. The van der Waals surface area contributed by atoms with E-state index in [1.54, 1.807) is 11.8 Å². The highest BCUT2D eigenvalue weighted by molar-refractivity contribution is 5.82. The molecule has 0 aliphatic heterocycles. The van der Waals surface area contributed by atoms with Gasteiger partial charge < -0.3 is 10.6 Å². The zero-order valence-electron chi connectivity index (χ0n) is 9.23. The van der Waals surface area contributed by atoms with Gasteiger partial charge in [-0.25, -0.2) is 0 Å². The van der Waals surface area contributed by atoms with Gasteiger partial charge in [0, 0.05) is 19.5 Å². The maximum Gasteiger partial charge on any atom is 0.240 e. The first kappa shape index (κ1) is 13.5. The average Bonchev–Trinajstić information content (AvgIpc) is 2.24. The first-order chi connectivity index (χ1) is 7.06. The van der Waals surface area contributed by atoms with Gasteiger partial charge in [-0.05, 0) is 13.8 Å². The van der Waals surface area contributed by atoms with E-state index in [2.05, 4.69) is 12.0 Å². The van der Waals surface area contributed by atoms with Crippen LogP contribution in [0.1, 0.15) is 20.3 Å². The lowest BCUT2D eigenvalue weighted by Gasteiger charge is -2.24. The zero-order chi connectivity index (χ0) is 11.8. The summed E-state index contributed by atoms with van der Waals surface area (Å²) < 4.78 is 0. The summed E-state index contributed by atoms with van der Waals surface area (Å²) in [7, 11) is 0. The molecule has 2 N–H and O–H groups in total. The summed E-state index contributed by atoms with van der Waals surface area (Å²) in [6, 6.07) is 1.43. The van der Waals surface area contributed by atoms with Gasteiger partial charge in [0.2, 0.25) is 5.91 Å². The average molecular weight is 207 g/mol. The molecule has 0 bridgehead atoms. The summed E-state index contributed by atoms with van der Waals surface area (Å²) in [6.45, 7) is 4.57. The van der Waals surface area contributed by atoms with E-state index >= 15 is 0 Å². The van der Waals surface area contributed by atoms with Crippen LogP contribution in [0.2, 0.25) is 0 Å². The third-order valence-corrected chi connectivity index (χ3v) is 2.06. The van der Waals surface area contributed by atoms with E-state index in [1.807, 2.05) is 6.92 Å². The minimum atomic E-state index is -0.652. The SMILES string of the molecule is C#CCC(N)C(=O)N(CC)CC(C)C#N. The molecule has 15 heavy (non-hydrogen) atoms. The minimum absolute atomic E-state index is 0.183. The van der Waals surface area contributed by atoms with Crippen LogP contribution in [0.4, 0.5) is 0 Å². The molecule has 4 heteroatoms. The summed E-state index contributed by atoms with van der Waals surface area (Å²) in [4.78, 5) is 13.3. The Kier molecular flexibility index (Phi) is 6.17. The highest BCUT2D eigenvalue weighted by Gasteiger charge is 2.20. The van der Waals surface area contributed by atoms with Crippen LogP contribution < -0.4 is 5.73 Å². The van der Waals surface area contributed by atoms with Crippen molar-refractivity contribution in [3.8, 4) is 18.4 Å². The van der Waals surface area contributed by atoms with Gasteiger partial charge in [-0.2, -0.15) is 5.26 Å². The van der Waals surface area contributed by atoms with Crippen LogP contribution >= 0.6 is 0 Å². The molecule has 0 spiro atoms. The lowest BCUT2D eigenvalue weighted by molar-refractivity contribution is -0.132. The van der Waals surface area contributed by atoms with Crippen molar-refractivity contribution >= 4 is 5.91 Å². The summed E-state index contributed by atoms with van der Waals surface area (Å²) in [6.07, 6.45) is 5.32. The van der Waals surface area contributed by atoms with Gasteiger partial charge in [0.15, 0.2) is 0 Å². The molecule has 0 aromatic carbocycles. The molecule has 1 amide bonds. The molecular formula is C11H17N3O. The van der Waals surface area contributed by atoms with Crippen molar-refractivity contribution in [2.75, 3.05) is 13.1 Å². The fourth-order valence-electron chi connectivity index (χ4n) is 1.20. The third-order valence-electron chi connectivity index (χ3n) is 2.06. The fourth-order valence-corrected chi connectivity index (χ4v) is 1.20. The smallest absolute Gasteiger partial charge is 0.240 e. The van der Waals surface area contributed by atoms with Crippen LogP contribution in [-0.4, -0.2) is 29.9 Å². The molecule has 0 rings (SSSR count). The Labute approximate surface area is 91.0 Å². The summed E-state index contributed by atoms with van der Waals surface area (Å²) in [5.74, 6) is 1.99. The van der Waals surface area contributed by atoms with Gasteiger partial charge >= 0.3 is 0 Å². The van der Waals surface area contributed by atoms with Crippen molar-refractivity contribution in [1.29, 1.82) is 5.26 Å². The van der Waals surface area contributed by atoms with E-state index in [0.717, 1.165) is 0 Å². The first-order valence-electron chi connectivity index (χ1n) is 4.94. The molecule has 2 unspecified atom stereocenters.